The van der Waals surface area contributed by atoms with Crippen LogP contribution in [0.5, 0.6) is 0 Å². The van der Waals surface area contributed by atoms with Gasteiger partial charge in [0.25, 0.3) is 0 Å². The van der Waals surface area contributed by atoms with Crippen LogP contribution < -0.4 is 0 Å². The Balaban J connectivity index is 1.75. The minimum absolute atomic E-state index is 0.296. The molecule has 16 heavy (non-hydrogen) atoms. The van der Waals surface area contributed by atoms with E-state index in [1.165, 1.54) is 0 Å². The molecule has 0 aromatic carbocycles. The van der Waals surface area contributed by atoms with E-state index in [0.717, 1.165) is 6.42 Å². The summed E-state index contributed by atoms with van der Waals surface area (Å²) in [4.78, 5) is 3.86. The van der Waals surface area contributed by atoms with Crippen LogP contribution in [-0.4, -0.2) is 46.3 Å². The van der Waals surface area contributed by atoms with E-state index in [1.807, 2.05) is 0 Å². The smallest absolute Gasteiger partial charge is 0.380 e. The molecular weight excluding hydrogens is 233 g/mol. The molecule has 3 heterocycles. The molecule has 7 heteroatoms. The van der Waals surface area contributed by atoms with Crippen molar-refractivity contribution < 1.29 is 22.9 Å². The summed E-state index contributed by atoms with van der Waals surface area (Å²) in [5.74, 6) is 0. The van der Waals surface area contributed by atoms with Crippen LogP contribution in [0.15, 0.2) is 4.99 Å². The maximum atomic E-state index is 11.5. The largest absolute Gasteiger partial charge is 0.474 e. The third-order valence-corrected chi connectivity index (χ3v) is 3.90. The van der Waals surface area contributed by atoms with Crippen LogP contribution in [0.4, 0.5) is 0 Å². The second-order valence-electron chi connectivity index (χ2n) is 4.05. The van der Waals surface area contributed by atoms with Crippen molar-refractivity contribution in [2.24, 2.45) is 10.4 Å². The Morgan fingerprint density at radius 3 is 2.56 bits per heavy atom. The predicted molar refractivity (Wildman–Crippen MR) is 57.7 cm³/mol. The third kappa shape index (κ3) is 2.70. The lowest BCUT2D eigenvalue weighted by Gasteiger charge is -2.43. The summed E-state index contributed by atoms with van der Waals surface area (Å²) in [6.45, 7) is 2.24. The van der Waals surface area contributed by atoms with E-state index < -0.39 is 7.82 Å². The Kier molecular flexibility index (Phi) is 3.77. The lowest BCUT2D eigenvalue weighted by Crippen LogP contribution is -2.47. The Bertz CT molecular complexity index is 288. The Labute approximate surface area is 94.5 Å². The highest BCUT2D eigenvalue weighted by Gasteiger charge is 2.50. The van der Waals surface area contributed by atoms with Crippen molar-refractivity contribution in [3.05, 3.63) is 0 Å². The molecule has 3 fully saturated rings. The summed E-state index contributed by atoms with van der Waals surface area (Å²) in [7, 11) is -1.47. The molecule has 0 atom stereocenters. The second-order valence-corrected chi connectivity index (χ2v) is 5.72. The molecule has 6 nitrogen and oxygen atoms in total. The summed E-state index contributed by atoms with van der Waals surface area (Å²) in [6.07, 6.45) is 2.59. The van der Waals surface area contributed by atoms with Gasteiger partial charge in [0.1, 0.15) is 0 Å². The molecule has 92 valence electrons. The standard InChI is InChI=1S/C9H16NO5P/c1-10-3-2-4-12-5-9-6-13-16(11,14-7-9)15-8-9/h3H,2,4-8H2,1H3/b10-3+. The van der Waals surface area contributed by atoms with Gasteiger partial charge in [-0.2, -0.15) is 0 Å². The second kappa shape index (κ2) is 4.94. The molecule has 3 saturated heterocycles. The first-order chi connectivity index (χ1) is 7.68. The Morgan fingerprint density at radius 1 is 1.38 bits per heavy atom. The number of nitrogens with zero attached hydrogens (tertiary/aromatic N) is 1. The lowest BCUT2D eigenvalue weighted by molar-refractivity contribution is -0.125. The van der Waals surface area contributed by atoms with Gasteiger partial charge in [0.15, 0.2) is 0 Å². The lowest BCUT2D eigenvalue weighted by atomic mass is 9.92. The van der Waals surface area contributed by atoms with Crippen LogP contribution in [0.25, 0.3) is 0 Å². The number of ether oxygens (including phenoxy) is 1. The topological polar surface area (TPSA) is 66.4 Å². The highest BCUT2D eigenvalue weighted by Crippen LogP contribution is 2.59. The van der Waals surface area contributed by atoms with Crippen molar-refractivity contribution in [2.45, 2.75) is 6.42 Å². The van der Waals surface area contributed by atoms with Gasteiger partial charge in [-0.15, -0.1) is 0 Å². The van der Waals surface area contributed by atoms with Crippen LogP contribution in [0.3, 0.4) is 0 Å². The number of phosphoric ester groups is 1. The number of fused-ring (bicyclic) bond motifs is 3. The molecule has 0 saturated carbocycles. The minimum Gasteiger partial charge on any atom is -0.380 e. The Morgan fingerprint density at radius 2 is 2.00 bits per heavy atom. The highest BCUT2D eigenvalue weighted by atomic mass is 31.2. The van der Waals surface area contributed by atoms with Crippen molar-refractivity contribution in [2.75, 3.05) is 40.1 Å². The average Bonchev–Trinajstić information content (AvgIpc) is 2.31. The quantitative estimate of drug-likeness (QED) is 0.417. The fraction of sp³-hybridized carbons (Fsp3) is 0.889. The first-order valence-electron chi connectivity index (χ1n) is 5.20. The minimum atomic E-state index is -3.20. The third-order valence-electron chi connectivity index (χ3n) is 2.57. The SMILES string of the molecule is C/N=C/CCOCC12COP(=O)(OC1)OC2. The number of rotatable bonds is 5. The van der Waals surface area contributed by atoms with Crippen LogP contribution in [-0.2, 0) is 22.9 Å². The van der Waals surface area contributed by atoms with E-state index in [-0.39, 0.29) is 5.41 Å². The van der Waals surface area contributed by atoms with Gasteiger partial charge in [-0.3, -0.25) is 13.6 Å². The maximum absolute atomic E-state index is 11.5. The normalized spacial score (nSPS) is 38.3. The molecule has 3 rings (SSSR count). The molecule has 0 amide bonds. The van der Waals surface area contributed by atoms with Gasteiger partial charge in [0.2, 0.25) is 0 Å². The molecule has 0 aliphatic carbocycles. The van der Waals surface area contributed by atoms with Crippen LogP contribution in [0.1, 0.15) is 6.42 Å². The monoisotopic (exact) mass is 249 g/mol. The molecule has 0 aromatic heterocycles. The zero-order valence-corrected chi connectivity index (χ0v) is 10.2. The summed E-state index contributed by atoms with van der Waals surface area (Å²) < 4.78 is 32.1. The molecule has 2 bridgehead atoms. The van der Waals surface area contributed by atoms with Crippen LogP contribution in [0.2, 0.25) is 0 Å². The molecular formula is C9H16NO5P. The summed E-state index contributed by atoms with van der Waals surface area (Å²) in [6, 6.07) is 0. The van der Waals surface area contributed by atoms with E-state index in [4.69, 9.17) is 18.3 Å². The van der Waals surface area contributed by atoms with E-state index in [1.54, 1.807) is 13.3 Å². The predicted octanol–water partition coefficient (Wildman–Crippen LogP) is 1.27. The van der Waals surface area contributed by atoms with Crippen molar-refractivity contribution in [3.8, 4) is 0 Å². The number of hydrogen-bond acceptors (Lipinski definition) is 6. The van der Waals surface area contributed by atoms with Crippen molar-refractivity contribution in [1.82, 2.24) is 0 Å². The molecule has 0 N–H and O–H groups in total. The molecule has 0 unspecified atom stereocenters. The molecule has 0 aromatic rings. The van der Waals surface area contributed by atoms with Crippen LogP contribution >= 0.6 is 7.82 Å². The van der Waals surface area contributed by atoms with Crippen LogP contribution in [0, 0.1) is 5.41 Å². The van der Waals surface area contributed by atoms with Crippen molar-refractivity contribution >= 4 is 14.0 Å². The van der Waals surface area contributed by atoms with E-state index in [0.29, 0.717) is 33.0 Å². The number of aliphatic imine (C=N–C) groups is 1. The average molecular weight is 249 g/mol. The zero-order valence-electron chi connectivity index (χ0n) is 9.26. The van der Waals surface area contributed by atoms with Crippen molar-refractivity contribution in [3.63, 3.8) is 0 Å². The number of phosphoric acid groups is 1. The molecule has 0 spiro atoms. The van der Waals surface area contributed by atoms with E-state index >= 15 is 0 Å². The van der Waals surface area contributed by atoms with Gasteiger partial charge in [0, 0.05) is 19.7 Å². The first-order valence-corrected chi connectivity index (χ1v) is 6.66. The van der Waals surface area contributed by atoms with Gasteiger partial charge in [-0.1, -0.05) is 0 Å². The fourth-order valence-electron chi connectivity index (χ4n) is 1.56. The van der Waals surface area contributed by atoms with Gasteiger partial charge >= 0.3 is 7.82 Å². The molecule has 3 aliphatic rings. The maximum Gasteiger partial charge on any atom is 0.474 e. The van der Waals surface area contributed by atoms with Gasteiger partial charge in [-0.05, 0) is 0 Å². The molecule has 0 radical (unpaired) electrons. The zero-order chi connectivity index (χ0) is 11.5. The number of hydrogen-bond donors (Lipinski definition) is 0. The van der Waals surface area contributed by atoms with Crippen molar-refractivity contribution in [1.29, 1.82) is 0 Å². The van der Waals surface area contributed by atoms with E-state index in [9.17, 15) is 4.57 Å². The van der Waals surface area contributed by atoms with Gasteiger partial charge < -0.3 is 9.73 Å². The van der Waals surface area contributed by atoms with Gasteiger partial charge in [-0.25, -0.2) is 4.57 Å². The molecule has 3 aliphatic heterocycles. The summed E-state index contributed by atoms with van der Waals surface area (Å²) in [5.41, 5.74) is -0.296. The highest BCUT2D eigenvalue weighted by molar-refractivity contribution is 7.48. The summed E-state index contributed by atoms with van der Waals surface area (Å²) in [5, 5.41) is 0. The fourth-order valence-corrected chi connectivity index (χ4v) is 3.08. The first kappa shape index (κ1) is 12.2. The summed E-state index contributed by atoms with van der Waals surface area (Å²) >= 11 is 0. The Hall–Kier alpha value is -0.260. The van der Waals surface area contributed by atoms with E-state index in [2.05, 4.69) is 4.99 Å². The van der Waals surface area contributed by atoms with Gasteiger partial charge in [0.05, 0.1) is 38.4 Å².